The average molecular weight is 382 g/mol. The van der Waals surface area contributed by atoms with Gasteiger partial charge in [-0.1, -0.05) is 42.5 Å². The maximum Gasteiger partial charge on any atom is 0.132 e. The molecule has 0 radical (unpaired) electrons. The topological polar surface area (TPSA) is 39.7 Å². The van der Waals surface area contributed by atoms with Crippen LogP contribution in [0.4, 0.5) is 5.69 Å². The third-order valence-corrected chi connectivity index (χ3v) is 4.94. The second kappa shape index (κ2) is 9.26. The van der Waals surface area contributed by atoms with Gasteiger partial charge in [-0.05, 0) is 51.5 Å². The van der Waals surface area contributed by atoms with Crippen molar-refractivity contribution >= 4 is 5.69 Å². The van der Waals surface area contributed by atoms with E-state index in [1.54, 1.807) is 0 Å². The molecule has 1 heterocycles. The molecule has 0 aliphatic carbocycles. The summed E-state index contributed by atoms with van der Waals surface area (Å²) in [6, 6.07) is 16.6. The minimum Gasteiger partial charge on any atom is -0.485 e. The molecule has 0 amide bonds. The first-order chi connectivity index (χ1) is 13.5. The van der Waals surface area contributed by atoms with Crippen LogP contribution in [0.25, 0.3) is 0 Å². The smallest absolute Gasteiger partial charge is 0.132 e. The summed E-state index contributed by atoms with van der Waals surface area (Å²) in [5.41, 5.74) is 2.84. The number of hydrogen-bond acceptors (Lipinski definition) is 4. The number of nitrogens with one attached hydrogen (secondary N) is 1. The van der Waals surface area contributed by atoms with Crippen molar-refractivity contribution in [2.45, 2.75) is 52.0 Å². The summed E-state index contributed by atoms with van der Waals surface area (Å²) < 4.78 is 18.6. The molecule has 1 aliphatic heterocycles. The third-order valence-electron chi connectivity index (χ3n) is 4.94. The molecule has 4 heteroatoms. The first-order valence-electron chi connectivity index (χ1n) is 10.00. The van der Waals surface area contributed by atoms with E-state index in [9.17, 15) is 0 Å². The van der Waals surface area contributed by atoms with Gasteiger partial charge in [0.25, 0.3) is 0 Å². The van der Waals surface area contributed by atoms with Crippen LogP contribution in [-0.2, 0) is 16.0 Å². The van der Waals surface area contributed by atoms with Gasteiger partial charge in [0, 0.05) is 24.4 Å². The highest BCUT2D eigenvalue weighted by Gasteiger charge is 2.45. The maximum atomic E-state index is 6.30. The molecule has 2 atom stereocenters. The molecular weight excluding hydrogens is 350 g/mol. The van der Waals surface area contributed by atoms with E-state index in [2.05, 4.69) is 55.6 Å². The minimum atomic E-state index is -0.479. The number of allylic oxidation sites excluding steroid dienone is 1. The van der Waals surface area contributed by atoms with Gasteiger partial charge in [-0.15, -0.1) is 0 Å². The molecule has 2 unspecified atom stereocenters. The quantitative estimate of drug-likeness (QED) is 0.612. The molecule has 0 saturated carbocycles. The molecule has 0 fully saturated rings. The number of ether oxygens (including phenoxy) is 3. The van der Waals surface area contributed by atoms with Gasteiger partial charge in [0.2, 0.25) is 0 Å². The summed E-state index contributed by atoms with van der Waals surface area (Å²) in [5.74, 6) is 0.861. The highest BCUT2D eigenvalue weighted by atomic mass is 16.6. The van der Waals surface area contributed by atoms with Crippen LogP contribution in [0.3, 0.4) is 0 Å². The normalized spacial score (nSPS) is 20.6. The van der Waals surface area contributed by atoms with E-state index in [0.29, 0.717) is 13.2 Å². The average Bonchev–Trinajstić information content (AvgIpc) is 2.69. The Kier molecular flexibility index (Phi) is 6.76. The van der Waals surface area contributed by atoms with E-state index in [4.69, 9.17) is 14.2 Å². The number of fused-ring (bicyclic) bond motifs is 1. The van der Waals surface area contributed by atoms with Gasteiger partial charge in [-0.2, -0.15) is 0 Å². The van der Waals surface area contributed by atoms with Crippen molar-refractivity contribution in [1.29, 1.82) is 0 Å². The van der Waals surface area contributed by atoms with Crippen molar-refractivity contribution < 1.29 is 14.2 Å². The van der Waals surface area contributed by atoms with Gasteiger partial charge in [0.05, 0.1) is 6.61 Å². The van der Waals surface area contributed by atoms with Gasteiger partial charge in [-0.3, -0.25) is 0 Å². The highest BCUT2D eigenvalue weighted by molar-refractivity contribution is 5.53. The summed E-state index contributed by atoms with van der Waals surface area (Å²) in [6.07, 6.45) is 3.63. The standard InChI is InChI=1S/C24H31NO3/c1-5-7-15-27-23-22(26-6-2)20-16-19(13-14-21(20)28-24(23,3)4)25-17-18-11-9-8-10-12-18/h5,7-14,16,22-23,25H,6,15,17H2,1-4H3/b7-5+. The molecule has 3 rings (SSSR count). The first kappa shape index (κ1) is 20.4. The zero-order valence-corrected chi connectivity index (χ0v) is 17.3. The van der Waals surface area contributed by atoms with Gasteiger partial charge in [-0.25, -0.2) is 0 Å². The molecule has 4 nitrogen and oxygen atoms in total. The Labute approximate surface area is 168 Å². The van der Waals surface area contributed by atoms with Crippen LogP contribution in [0.15, 0.2) is 60.7 Å². The fourth-order valence-electron chi connectivity index (χ4n) is 3.54. The van der Waals surface area contributed by atoms with Crippen molar-refractivity contribution in [2.24, 2.45) is 0 Å². The van der Waals surface area contributed by atoms with Crippen molar-refractivity contribution in [2.75, 3.05) is 18.5 Å². The molecule has 2 aromatic rings. The molecule has 150 valence electrons. The lowest BCUT2D eigenvalue weighted by Crippen LogP contribution is -2.51. The van der Waals surface area contributed by atoms with Crippen molar-refractivity contribution in [3.05, 3.63) is 71.8 Å². The zero-order chi connectivity index (χ0) is 20.0. The first-order valence-corrected chi connectivity index (χ1v) is 10.00. The third kappa shape index (κ3) is 4.75. The maximum absolute atomic E-state index is 6.30. The Balaban J connectivity index is 1.84. The lowest BCUT2D eigenvalue weighted by Gasteiger charge is -2.44. The molecule has 1 N–H and O–H groups in total. The highest BCUT2D eigenvalue weighted by Crippen LogP contribution is 2.44. The predicted molar refractivity (Wildman–Crippen MR) is 114 cm³/mol. The van der Waals surface area contributed by atoms with E-state index in [1.807, 2.05) is 38.1 Å². The number of anilines is 1. The fraction of sp³-hybridized carbons (Fsp3) is 0.417. The summed E-state index contributed by atoms with van der Waals surface area (Å²) in [4.78, 5) is 0. The van der Waals surface area contributed by atoms with Crippen LogP contribution in [0.2, 0.25) is 0 Å². The Morgan fingerprint density at radius 3 is 2.61 bits per heavy atom. The predicted octanol–water partition coefficient (Wildman–Crippen LogP) is 5.51. The Morgan fingerprint density at radius 2 is 1.89 bits per heavy atom. The summed E-state index contributed by atoms with van der Waals surface area (Å²) in [5, 5.41) is 3.50. The molecule has 0 saturated heterocycles. The van der Waals surface area contributed by atoms with E-state index in [1.165, 1.54) is 5.56 Å². The van der Waals surface area contributed by atoms with Crippen LogP contribution >= 0.6 is 0 Å². The van der Waals surface area contributed by atoms with Gasteiger partial charge >= 0.3 is 0 Å². The van der Waals surface area contributed by atoms with Crippen LogP contribution < -0.4 is 10.1 Å². The largest absolute Gasteiger partial charge is 0.485 e. The van der Waals surface area contributed by atoms with Crippen molar-refractivity contribution in [3.8, 4) is 5.75 Å². The molecule has 0 bridgehead atoms. The summed E-state index contributed by atoms with van der Waals surface area (Å²) in [6.45, 7) is 10.1. The number of rotatable bonds is 8. The van der Waals surface area contributed by atoms with Gasteiger partial charge in [0.1, 0.15) is 23.6 Å². The molecule has 0 aromatic heterocycles. The van der Waals surface area contributed by atoms with E-state index >= 15 is 0 Å². The second-order valence-corrected chi connectivity index (χ2v) is 7.50. The monoisotopic (exact) mass is 381 g/mol. The number of benzene rings is 2. The van der Waals surface area contributed by atoms with Crippen LogP contribution in [-0.4, -0.2) is 24.9 Å². The van der Waals surface area contributed by atoms with E-state index < -0.39 is 5.60 Å². The zero-order valence-electron chi connectivity index (χ0n) is 17.3. The Morgan fingerprint density at radius 1 is 1.11 bits per heavy atom. The lowest BCUT2D eigenvalue weighted by atomic mass is 9.88. The summed E-state index contributed by atoms with van der Waals surface area (Å²) in [7, 11) is 0. The second-order valence-electron chi connectivity index (χ2n) is 7.50. The van der Waals surface area contributed by atoms with Crippen LogP contribution in [0.5, 0.6) is 5.75 Å². The SMILES string of the molecule is C/C=C/COC1C(OCC)c2cc(NCc3ccccc3)ccc2OC1(C)C. The molecule has 28 heavy (non-hydrogen) atoms. The van der Waals surface area contributed by atoms with E-state index in [0.717, 1.165) is 23.5 Å². The summed E-state index contributed by atoms with van der Waals surface area (Å²) >= 11 is 0. The minimum absolute atomic E-state index is 0.174. The lowest BCUT2D eigenvalue weighted by molar-refractivity contribution is -0.155. The van der Waals surface area contributed by atoms with Crippen LogP contribution in [0.1, 0.15) is 44.9 Å². The van der Waals surface area contributed by atoms with Crippen molar-refractivity contribution in [3.63, 3.8) is 0 Å². The molecule has 0 spiro atoms. The van der Waals surface area contributed by atoms with Gasteiger partial charge in [0.15, 0.2) is 0 Å². The Bertz CT molecular complexity index is 786. The van der Waals surface area contributed by atoms with Crippen molar-refractivity contribution in [1.82, 2.24) is 0 Å². The van der Waals surface area contributed by atoms with Crippen LogP contribution in [0, 0.1) is 0 Å². The molecule has 2 aromatic carbocycles. The van der Waals surface area contributed by atoms with Gasteiger partial charge < -0.3 is 19.5 Å². The number of hydrogen-bond donors (Lipinski definition) is 1. The Hall–Kier alpha value is -2.30. The molecular formula is C24H31NO3. The van der Waals surface area contributed by atoms with E-state index in [-0.39, 0.29) is 12.2 Å². The molecule has 1 aliphatic rings. The fourth-order valence-corrected chi connectivity index (χ4v) is 3.54.